The van der Waals surface area contributed by atoms with Crippen LogP contribution in [0, 0.1) is 6.92 Å². The second-order valence-electron chi connectivity index (χ2n) is 10.0. The van der Waals surface area contributed by atoms with Crippen LogP contribution in [0.4, 0.5) is 10.5 Å². The zero-order valence-electron chi connectivity index (χ0n) is 24.6. The van der Waals surface area contributed by atoms with Gasteiger partial charge in [0.25, 0.3) is 0 Å². The summed E-state index contributed by atoms with van der Waals surface area (Å²) in [4.78, 5) is 41.7. The highest BCUT2D eigenvalue weighted by molar-refractivity contribution is 7.89. The van der Waals surface area contributed by atoms with Gasteiger partial charge in [0, 0.05) is 33.4 Å². The number of aryl methyl sites for hydroxylation is 1. The lowest BCUT2D eigenvalue weighted by molar-refractivity contribution is -0.147. The summed E-state index contributed by atoms with van der Waals surface area (Å²) in [5.41, 5.74) is 1.22. The summed E-state index contributed by atoms with van der Waals surface area (Å²) in [5, 5.41) is 0. The summed E-state index contributed by atoms with van der Waals surface area (Å²) >= 11 is 0. The average Bonchev–Trinajstić information content (AvgIpc) is 3.47. The topological polar surface area (TPSA) is 132 Å². The number of anilines is 1. The standard InChI is InChI=1S/C29H39N3O9S/c1-21-8-14-25(15-9-21)42(36,37)31-16-6-7-26(31)27(33)32(22(2)28(34)40-20-19-39-18-17-38-5)23-10-12-24(13-11-23)41-29(35)30(3)4/h8-15,22,26H,6-7,16-20H2,1-5H3/t22-,26-/m0/s1. The van der Waals surface area contributed by atoms with Crippen LogP contribution in [-0.2, 0) is 33.8 Å². The van der Waals surface area contributed by atoms with E-state index in [1.54, 1.807) is 33.3 Å². The van der Waals surface area contributed by atoms with E-state index in [4.69, 9.17) is 18.9 Å². The molecule has 0 aromatic heterocycles. The summed E-state index contributed by atoms with van der Waals surface area (Å²) in [7, 11) is 0.658. The van der Waals surface area contributed by atoms with Gasteiger partial charge in [0.05, 0.1) is 24.7 Å². The molecule has 0 spiro atoms. The van der Waals surface area contributed by atoms with E-state index in [0.717, 1.165) is 5.56 Å². The number of sulfonamides is 1. The molecule has 0 aliphatic carbocycles. The monoisotopic (exact) mass is 605 g/mol. The van der Waals surface area contributed by atoms with Crippen molar-refractivity contribution in [3.8, 4) is 5.75 Å². The van der Waals surface area contributed by atoms with Crippen LogP contribution < -0.4 is 9.64 Å². The number of amides is 2. The summed E-state index contributed by atoms with van der Waals surface area (Å²) in [6.45, 7) is 4.38. The molecule has 0 unspecified atom stereocenters. The van der Waals surface area contributed by atoms with Crippen LogP contribution in [0.5, 0.6) is 5.75 Å². The minimum absolute atomic E-state index is 0.0360. The fourth-order valence-corrected chi connectivity index (χ4v) is 6.01. The second-order valence-corrected chi connectivity index (χ2v) is 11.9. The molecule has 2 aromatic carbocycles. The Bertz CT molecular complexity index is 1310. The Morgan fingerprint density at radius 3 is 2.24 bits per heavy atom. The highest BCUT2D eigenvalue weighted by Crippen LogP contribution is 2.31. The lowest BCUT2D eigenvalue weighted by Crippen LogP contribution is -2.53. The molecule has 13 heteroatoms. The van der Waals surface area contributed by atoms with Gasteiger partial charge < -0.3 is 23.8 Å². The highest BCUT2D eigenvalue weighted by Gasteiger charge is 2.43. The quantitative estimate of drug-likeness (QED) is 0.250. The van der Waals surface area contributed by atoms with E-state index >= 15 is 0 Å². The lowest BCUT2D eigenvalue weighted by atomic mass is 10.1. The fourth-order valence-electron chi connectivity index (χ4n) is 4.36. The Hall–Kier alpha value is -3.52. The largest absolute Gasteiger partial charge is 0.462 e. The van der Waals surface area contributed by atoms with Crippen LogP contribution in [0.2, 0.25) is 0 Å². The summed E-state index contributed by atoms with van der Waals surface area (Å²) < 4.78 is 49.2. The van der Waals surface area contributed by atoms with E-state index in [-0.39, 0.29) is 36.8 Å². The van der Waals surface area contributed by atoms with Crippen molar-refractivity contribution in [2.45, 2.75) is 43.7 Å². The number of carbonyl (C=O) groups excluding carboxylic acids is 3. The van der Waals surface area contributed by atoms with Gasteiger partial charge in [-0.3, -0.25) is 9.69 Å². The fraction of sp³-hybridized carbons (Fsp3) is 0.483. The third kappa shape index (κ3) is 8.28. The normalized spacial score (nSPS) is 16.1. The molecular formula is C29H39N3O9S. The number of ether oxygens (including phenoxy) is 4. The van der Waals surface area contributed by atoms with E-state index in [1.807, 2.05) is 6.92 Å². The number of carbonyl (C=O) groups is 3. The van der Waals surface area contributed by atoms with Crippen molar-refractivity contribution >= 4 is 33.7 Å². The van der Waals surface area contributed by atoms with E-state index < -0.39 is 40.1 Å². The van der Waals surface area contributed by atoms with Gasteiger partial charge >= 0.3 is 12.1 Å². The number of nitrogens with zero attached hydrogens (tertiary/aromatic N) is 3. The summed E-state index contributed by atoms with van der Waals surface area (Å²) in [6.07, 6.45) is 0.184. The second kappa shape index (κ2) is 15.1. The molecule has 2 amide bonds. The maximum absolute atomic E-state index is 14.1. The summed E-state index contributed by atoms with van der Waals surface area (Å²) in [6, 6.07) is 10.4. The van der Waals surface area contributed by atoms with Gasteiger partial charge in [-0.25, -0.2) is 18.0 Å². The Balaban J connectivity index is 1.88. The molecule has 230 valence electrons. The first-order valence-electron chi connectivity index (χ1n) is 13.6. The van der Waals surface area contributed by atoms with Crippen molar-refractivity contribution in [1.82, 2.24) is 9.21 Å². The molecule has 0 radical (unpaired) electrons. The summed E-state index contributed by atoms with van der Waals surface area (Å²) in [5.74, 6) is -1.02. The highest BCUT2D eigenvalue weighted by atomic mass is 32.2. The van der Waals surface area contributed by atoms with E-state index in [9.17, 15) is 22.8 Å². The zero-order valence-corrected chi connectivity index (χ0v) is 25.5. The van der Waals surface area contributed by atoms with Gasteiger partial charge in [-0.05, 0) is 63.1 Å². The van der Waals surface area contributed by atoms with Gasteiger partial charge in [0.2, 0.25) is 15.9 Å². The van der Waals surface area contributed by atoms with Gasteiger partial charge in [-0.1, -0.05) is 17.7 Å². The van der Waals surface area contributed by atoms with E-state index in [1.165, 1.54) is 57.4 Å². The van der Waals surface area contributed by atoms with Crippen molar-refractivity contribution < 1.29 is 41.7 Å². The molecule has 2 aromatic rings. The Labute approximate surface area is 247 Å². The molecule has 1 aliphatic rings. The van der Waals surface area contributed by atoms with Gasteiger partial charge in [-0.2, -0.15) is 4.31 Å². The third-order valence-corrected chi connectivity index (χ3v) is 8.59. The van der Waals surface area contributed by atoms with Crippen molar-refractivity contribution in [1.29, 1.82) is 0 Å². The molecule has 42 heavy (non-hydrogen) atoms. The predicted molar refractivity (Wildman–Crippen MR) is 155 cm³/mol. The van der Waals surface area contributed by atoms with Crippen LogP contribution in [0.3, 0.4) is 0 Å². The van der Waals surface area contributed by atoms with Crippen LogP contribution in [-0.4, -0.2) is 102 Å². The Morgan fingerprint density at radius 2 is 1.62 bits per heavy atom. The first-order valence-corrected chi connectivity index (χ1v) is 15.1. The van der Waals surface area contributed by atoms with Crippen molar-refractivity contribution in [2.24, 2.45) is 0 Å². The van der Waals surface area contributed by atoms with Gasteiger partial charge in [0.1, 0.15) is 24.4 Å². The van der Waals surface area contributed by atoms with Crippen LogP contribution in [0.1, 0.15) is 25.3 Å². The van der Waals surface area contributed by atoms with Gasteiger partial charge in [-0.15, -0.1) is 0 Å². The molecule has 1 aliphatic heterocycles. The maximum atomic E-state index is 14.1. The van der Waals surface area contributed by atoms with Crippen LogP contribution >= 0.6 is 0 Å². The minimum Gasteiger partial charge on any atom is -0.462 e. The third-order valence-electron chi connectivity index (χ3n) is 6.67. The predicted octanol–water partition coefficient (Wildman–Crippen LogP) is 2.84. The number of methoxy groups -OCH3 is 1. The first-order chi connectivity index (χ1) is 20.0. The number of hydrogen-bond donors (Lipinski definition) is 0. The van der Waals surface area contributed by atoms with E-state index in [2.05, 4.69) is 0 Å². The number of benzene rings is 2. The Morgan fingerprint density at radius 1 is 0.976 bits per heavy atom. The molecule has 0 N–H and O–H groups in total. The molecule has 3 rings (SSSR count). The maximum Gasteiger partial charge on any atom is 0.414 e. The molecule has 2 atom stereocenters. The van der Waals surface area contributed by atoms with E-state index in [0.29, 0.717) is 25.3 Å². The number of hydrogen-bond acceptors (Lipinski definition) is 9. The van der Waals surface area contributed by atoms with Crippen molar-refractivity contribution in [3.63, 3.8) is 0 Å². The molecule has 12 nitrogen and oxygen atoms in total. The minimum atomic E-state index is -3.98. The molecule has 1 fully saturated rings. The molecule has 0 bridgehead atoms. The number of rotatable bonds is 13. The smallest absolute Gasteiger partial charge is 0.414 e. The SMILES string of the molecule is COCCOCCOC(=O)[C@H](C)N(C(=O)[C@@H]1CCCN1S(=O)(=O)c1ccc(C)cc1)c1ccc(OC(=O)N(C)C)cc1. The number of esters is 1. The lowest BCUT2D eigenvalue weighted by Gasteiger charge is -2.33. The molecular weight excluding hydrogens is 566 g/mol. The molecule has 0 saturated carbocycles. The first kappa shape index (κ1) is 33.0. The molecule has 1 heterocycles. The van der Waals surface area contributed by atoms with Crippen LogP contribution in [0.15, 0.2) is 53.4 Å². The van der Waals surface area contributed by atoms with Crippen molar-refractivity contribution in [3.05, 3.63) is 54.1 Å². The Kier molecular flexibility index (Phi) is 11.9. The van der Waals surface area contributed by atoms with Crippen LogP contribution in [0.25, 0.3) is 0 Å². The zero-order chi connectivity index (χ0) is 30.9. The van der Waals surface area contributed by atoms with Crippen molar-refractivity contribution in [2.75, 3.05) is 59.1 Å². The molecule has 1 saturated heterocycles. The van der Waals surface area contributed by atoms with Gasteiger partial charge in [0.15, 0.2) is 0 Å². The average molecular weight is 606 g/mol.